The number of aromatic nitrogens is 2. The molecule has 0 unspecified atom stereocenters. The molecule has 0 amide bonds. The van der Waals surface area contributed by atoms with E-state index >= 15 is 0 Å². The highest BCUT2D eigenvalue weighted by atomic mass is 16.3. The van der Waals surface area contributed by atoms with Crippen LogP contribution in [0.5, 0.6) is 5.75 Å². The molecule has 22 heavy (non-hydrogen) atoms. The third-order valence-corrected chi connectivity index (χ3v) is 4.66. The Morgan fingerprint density at radius 1 is 1.27 bits per heavy atom. The number of hydrogen-bond acceptors (Lipinski definition) is 5. The summed E-state index contributed by atoms with van der Waals surface area (Å²) in [5.41, 5.74) is 3.73. The van der Waals surface area contributed by atoms with Crippen molar-refractivity contribution in [3.05, 3.63) is 36.0 Å². The first kappa shape index (κ1) is 13.5. The van der Waals surface area contributed by atoms with Gasteiger partial charge in [0, 0.05) is 30.7 Å². The number of anilines is 1. The molecule has 1 fully saturated rings. The summed E-state index contributed by atoms with van der Waals surface area (Å²) in [6, 6.07) is 10.4. The molecule has 5 nitrogen and oxygen atoms in total. The lowest BCUT2D eigenvalue weighted by molar-refractivity contribution is 0.382. The second-order valence-corrected chi connectivity index (χ2v) is 6.23. The van der Waals surface area contributed by atoms with Crippen LogP contribution in [-0.4, -0.2) is 40.5 Å². The van der Waals surface area contributed by atoms with Crippen LogP contribution >= 0.6 is 0 Å². The molecule has 0 spiro atoms. The Balaban J connectivity index is 1.77. The number of nitrogens with zero attached hydrogens (tertiary/aromatic N) is 3. The van der Waals surface area contributed by atoms with Gasteiger partial charge in [-0.05, 0) is 38.0 Å². The maximum Gasteiger partial charge on any atom is 0.125 e. The number of aryl methyl sites for hydroxylation is 1. The molecule has 1 saturated heterocycles. The molecular formula is C17H20N4O. The molecule has 3 heterocycles. The minimum Gasteiger partial charge on any atom is -0.507 e. The van der Waals surface area contributed by atoms with Gasteiger partial charge in [0.2, 0.25) is 0 Å². The Morgan fingerprint density at radius 3 is 3.00 bits per heavy atom. The zero-order valence-corrected chi connectivity index (χ0v) is 12.7. The molecule has 2 aliphatic heterocycles. The van der Waals surface area contributed by atoms with Crippen molar-refractivity contribution in [1.82, 2.24) is 15.5 Å². The largest absolute Gasteiger partial charge is 0.507 e. The van der Waals surface area contributed by atoms with Crippen molar-refractivity contribution < 1.29 is 5.11 Å². The summed E-state index contributed by atoms with van der Waals surface area (Å²) in [6.45, 7) is 4.22. The van der Waals surface area contributed by atoms with Gasteiger partial charge in [-0.15, -0.1) is 5.10 Å². The van der Waals surface area contributed by atoms with Crippen LogP contribution in [-0.2, 0) is 6.42 Å². The van der Waals surface area contributed by atoms with Crippen molar-refractivity contribution in [2.45, 2.75) is 31.8 Å². The second-order valence-electron chi connectivity index (χ2n) is 6.23. The van der Waals surface area contributed by atoms with Gasteiger partial charge in [-0.2, -0.15) is 5.10 Å². The van der Waals surface area contributed by atoms with Crippen LogP contribution in [0.4, 0.5) is 5.69 Å². The van der Waals surface area contributed by atoms with Crippen molar-refractivity contribution >= 4 is 5.69 Å². The smallest absolute Gasteiger partial charge is 0.125 e. The maximum atomic E-state index is 10.1. The average molecular weight is 296 g/mol. The molecule has 114 valence electrons. The highest BCUT2D eigenvalue weighted by Crippen LogP contribution is 2.35. The lowest BCUT2D eigenvalue weighted by Gasteiger charge is -2.44. The van der Waals surface area contributed by atoms with Gasteiger partial charge in [-0.3, -0.25) is 0 Å². The maximum absolute atomic E-state index is 10.1. The van der Waals surface area contributed by atoms with Gasteiger partial charge in [0.05, 0.1) is 17.1 Å². The van der Waals surface area contributed by atoms with E-state index in [1.165, 1.54) is 5.69 Å². The Hall–Kier alpha value is -2.14. The van der Waals surface area contributed by atoms with Gasteiger partial charge in [0.1, 0.15) is 5.75 Å². The monoisotopic (exact) mass is 296 g/mol. The standard InChI is InChI=1S/C17H20N4O/c1-11-10-21-12(9-18-11)6-7-14-16(21)8-15(20-19-14)13-4-2-3-5-17(13)22/h2-5,8,11-12,18,22H,6-7,9-10H2,1H3/t11-,12-/m0/s1. The van der Waals surface area contributed by atoms with Crippen LogP contribution in [0.25, 0.3) is 11.3 Å². The quantitative estimate of drug-likeness (QED) is 0.842. The van der Waals surface area contributed by atoms with Gasteiger partial charge in [0.15, 0.2) is 0 Å². The molecule has 0 saturated carbocycles. The van der Waals surface area contributed by atoms with Crippen LogP contribution in [0.1, 0.15) is 19.0 Å². The van der Waals surface area contributed by atoms with E-state index < -0.39 is 0 Å². The number of rotatable bonds is 1. The fourth-order valence-corrected chi connectivity index (χ4v) is 3.47. The van der Waals surface area contributed by atoms with E-state index in [4.69, 9.17) is 0 Å². The van der Waals surface area contributed by atoms with Crippen LogP contribution in [0.15, 0.2) is 30.3 Å². The number of nitrogens with one attached hydrogen (secondary N) is 1. The van der Waals surface area contributed by atoms with E-state index in [1.54, 1.807) is 6.07 Å². The Morgan fingerprint density at radius 2 is 2.14 bits per heavy atom. The predicted molar refractivity (Wildman–Crippen MR) is 86.1 cm³/mol. The van der Waals surface area contributed by atoms with Crippen LogP contribution in [0.3, 0.4) is 0 Å². The van der Waals surface area contributed by atoms with E-state index in [-0.39, 0.29) is 5.75 Å². The van der Waals surface area contributed by atoms with Crippen LogP contribution in [0, 0.1) is 0 Å². The summed E-state index contributed by atoms with van der Waals surface area (Å²) >= 11 is 0. The molecule has 2 atom stereocenters. The molecule has 0 bridgehead atoms. The van der Waals surface area contributed by atoms with Crippen molar-refractivity contribution in [3.63, 3.8) is 0 Å². The number of benzene rings is 1. The van der Waals surface area contributed by atoms with E-state index in [0.717, 1.165) is 42.9 Å². The number of aromatic hydroxyl groups is 1. The number of hydrogen-bond donors (Lipinski definition) is 2. The molecule has 2 aliphatic rings. The van der Waals surface area contributed by atoms with Gasteiger partial charge in [-0.25, -0.2) is 0 Å². The summed E-state index contributed by atoms with van der Waals surface area (Å²) in [6.07, 6.45) is 2.10. The van der Waals surface area contributed by atoms with Gasteiger partial charge < -0.3 is 15.3 Å². The first-order chi connectivity index (χ1) is 10.7. The van der Waals surface area contributed by atoms with Crippen molar-refractivity contribution in [2.75, 3.05) is 18.0 Å². The van der Waals surface area contributed by atoms with E-state index in [2.05, 4.69) is 33.4 Å². The summed E-state index contributed by atoms with van der Waals surface area (Å²) in [5.74, 6) is 0.248. The fraction of sp³-hybridized carbons (Fsp3) is 0.412. The van der Waals surface area contributed by atoms with Crippen LogP contribution in [0.2, 0.25) is 0 Å². The topological polar surface area (TPSA) is 61.3 Å². The zero-order valence-electron chi connectivity index (χ0n) is 12.7. The molecule has 5 heteroatoms. The normalized spacial score (nSPS) is 23.8. The van der Waals surface area contributed by atoms with E-state index in [1.807, 2.05) is 18.2 Å². The Bertz CT molecular complexity index is 703. The fourth-order valence-electron chi connectivity index (χ4n) is 3.47. The molecule has 2 aromatic rings. The van der Waals surface area contributed by atoms with Crippen molar-refractivity contribution in [3.8, 4) is 17.0 Å². The minimum atomic E-state index is 0.248. The minimum absolute atomic E-state index is 0.248. The SMILES string of the molecule is C[C@H]1CN2c3cc(-c4ccccc4O)nnc3CC[C@H]2CN1. The highest BCUT2D eigenvalue weighted by Gasteiger charge is 2.32. The average Bonchev–Trinajstić information content (AvgIpc) is 2.55. The van der Waals surface area contributed by atoms with Crippen molar-refractivity contribution in [2.24, 2.45) is 0 Å². The summed E-state index contributed by atoms with van der Waals surface area (Å²) in [7, 11) is 0. The summed E-state index contributed by atoms with van der Waals surface area (Å²) in [4.78, 5) is 2.46. The number of para-hydroxylation sites is 1. The Labute approximate surface area is 130 Å². The Kier molecular flexibility index (Phi) is 3.22. The number of phenols is 1. The lowest BCUT2D eigenvalue weighted by Crippen LogP contribution is -2.57. The molecular weight excluding hydrogens is 276 g/mol. The predicted octanol–water partition coefficient (Wildman–Crippen LogP) is 1.96. The number of fused-ring (bicyclic) bond motifs is 3. The lowest BCUT2D eigenvalue weighted by atomic mass is 9.96. The van der Waals surface area contributed by atoms with E-state index in [9.17, 15) is 5.11 Å². The number of piperazine rings is 1. The molecule has 4 rings (SSSR count). The third kappa shape index (κ3) is 2.22. The van der Waals surface area contributed by atoms with Crippen LogP contribution < -0.4 is 10.2 Å². The zero-order chi connectivity index (χ0) is 15.1. The molecule has 1 aromatic heterocycles. The van der Waals surface area contributed by atoms with Gasteiger partial charge >= 0.3 is 0 Å². The van der Waals surface area contributed by atoms with Crippen molar-refractivity contribution in [1.29, 1.82) is 0 Å². The number of phenolic OH excluding ortho intramolecular Hbond substituents is 1. The first-order valence-electron chi connectivity index (χ1n) is 7.87. The summed E-state index contributed by atoms with van der Waals surface area (Å²) < 4.78 is 0. The first-order valence-corrected chi connectivity index (χ1v) is 7.87. The third-order valence-electron chi connectivity index (χ3n) is 4.66. The van der Waals surface area contributed by atoms with E-state index in [0.29, 0.717) is 12.1 Å². The molecule has 0 aliphatic carbocycles. The second kappa shape index (κ2) is 5.25. The molecule has 1 aromatic carbocycles. The molecule has 0 radical (unpaired) electrons. The molecule has 2 N–H and O–H groups in total. The summed E-state index contributed by atoms with van der Waals surface area (Å²) in [5, 5.41) is 22.4. The van der Waals surface area contributed by atoms with Gasteiger partial charge in [-0.1, -0.05) is 12.1 Å². The highest BCUT2D eigenvalue weighted by molar-refractivity contribution is 5.71. The van der Waals surface area contributed by atoms with Gasteiger partial charge in [0.25, 0.3) is 0 Å².